The second-order valence-corrected chi connectivity index (χ2v) is 8.65. The van der Waals surface area contributed by atoms with Crippen LogP contribution in [-0.2, 0) is 9.47 Å². The first kappa shape index (κ1) is 20.7. The maximum atomic E-state index is 13.8. The normalized spacial score (nSPS) is 22.7. The van der Waals surface area contributed by atoms with Gasteiger partial charge in [-0.15, -0.1) is 0 Å². The van der Waals surface area contributed by atoms with E-state index in [2.05, 4.69) is 25.7 Å². The minimum Gasteiger partial charge on any atom is -0.485 e. The summed E-state index contributed by atoms with van der Waals surface area (Å²) in [4.78, 5) is 29.2. The Morgan fingerprint density at radius 2 is 1.59 bits per heavy atom. The van der Waals surface area contributed by atoms with Crippen molar-refractivity contribution >= 4 is 27.4 Å². The summed E-state index contributed by atoms with van der Waals surface area (Å²) in [7, 11) is 0. The quantitative estimate of drug-likeness (QED) is 0.473. The summed E-state index contributed by atoms with van der Waals surface area (Å²) in [6, 6.07) is 3.01. The highest BCUT2D eigenvalue weighted by atomic mass is 79.9. The molecule has 0 bridgehead atoms. The van der Waals surface area contributed by atoms with Crippen LogP contribution in [0.3, 0.4) is 0 Å². The first-order chi connectivity index (χ1) is 14.0. The fourth-order valence-corrected chi connectivity index (χ4v) is 4.70. The zero-order valence-corrected chi connectivity index (χ0v) is 17.7. The van der Waals surface area contributed by atoms with Crippen molar-refractivity contribution in [2.24, 2.45) is 5.41 Å². The van der Waals surface area contributed by atoms with Gasteiger partial charge in [0.05, 0.1) is 42.3 Å². The van der Waals surface area contributed by atoms with Crippen LogP contribution in [0.2, 0.25) is 0 Å². The van der Waals surface area contributed by atoms with Gasteiger partial charge < -0.3 is 14.2 Å². The number of morpholine rings is 2. The molecule has 29 heavy (non-hydrogen) atoms. The molecule has 4 rings (SSSR count). The first-order valence-corrected chi connectivity index (χ1v) is 10.5. The summed E-state index contributed by atoms with van der Waals surface area (Å²) in [5, 5.41) is 11.5. The Labute approximate surface area is 177 Å². The number of halogens is 1. The predicted octanol–water partition coefficient (Wildman–Crippen LogP) is 1.58. The molecular formula is C19H24BrN3O6. The minimum atomic E-state index is -0.795. The Morgan fingerprint density at radius 1 is 1.03 bits per heavy atom. The van der Waals surface area contributed by atoms with Crippen LogP contribution in [0, 0.1) is 15.5 Å². The number of fused-ring (bicyclic) bond motifs is 1. The van der Waals surface area contributed by atoms with Crippen LogP contribution in [-0.4, -0.2) is 92.8 Å². The standard InChI is InChI=1S/C19H24BrN3O6/c20-14-9-15-17(16(10-14)23(25)26)29-13-19(18(15)24,11-21-1-5-27-6-2-21)12-22-3-7-28-8-4-22/h9-10H,1-8,11-13H2. The molecule has 3 heterocycles. The molecule has 0 aromatic heterocycles. The van der Waals surface area contributed by atoms with E-state index in [1.165, 1.54) is 6.07 Å². The number of carbonyl (C=O) groups is 1. The van der Waals surface area contributed by atoms with E-state index in [0.717, 1.165) is 26.2 Å². The molecule has 0 amide bonds. The Bertz CT molecular complexity index is 772. The maximum absolute atomic E-state index is 13.8. The zero-order valence-electron chi connectivity index (χ0n) is 16.1. The second kappa shape index (κ2) is 8.65. The molecule has 0 radical (unpaired) electrons. The van der Waals surface area contributed by atoms with Crippen LogP contribution in [0.25, 0.3) is 0 Å². The topological polar surface area (TPSA) is 94.4 Å². The van der Waals surface area contributed by atoms with E-state index in [4.69, 9.17) is 14.2 Å². The van der Waals surface area contributed by atoms with Gasteiger partial charge in [0.1, 0.15) is 6.61 Å². The molecular weight excluding hydrogens is 446 g/mol. The van der Waals surface area contributed by atoms with E-state index < -0.39 is 10.3 Å². The number of rotatable bonds is 5. The lowest BCUT2D eigenvalue weighted by Crippen LogP contribution is -2.57. The highest BCUT2D eigenvalue weighted by Crippen LogP contribution is 2.43. The first-order valence-electron chi connectivity index (χ1n) is 9.74. The molecule has 3 aliphatic heterocycles. The van der Waals surface area contributed by atoms with Crippen LogP contribution in [0.15, 0.2) is 16.6 Å². The van der Waals surface area contributed by atoms with Crippen molar-refractivity contribution in [1.82, 2.24) is 9.80 Å². The third kappa shape index (κ3) is 4.31. The summed E-state index contributed by atoms with van der Waals surface area (Å²) in [6.07, 6.45) is 0. The lowest BCUT2D eigenvalue weighted by Gasteiger charge is -2.43. The van der Waals surface area contributed by atoms with E-state index >= 15 is 0 Å². The van der Waals surface area contributed by atoms with Gasteiger partial charge >= 0.3 is 5.69 Å². The fourth-order valence-electron chi connectivity index (χ4n) is 4.26. The fraction of sp³-hybridized carbons (Fsp3) is 0.632. The maximum Gasteiger partial charge on any atom is 0.312 e. The van der Waals surface area contributed by atoms with Crippen LogP contribution < -0.4 is 4.74 Å². The van der Waals surface area contributed by atoms with Gasteiger partial charge in [-0.3, -0.25) is 24.7 Å². The predicted molar refractivity (Wildman–Crippen MR) is 108 cm³/mol. The molecule has 158 valence electrons. The van der Waals surface area contributed by atoms with Crippen LogP contribution in [0.1, 0.15) is 10.4 Å². The molecule has 3 aliphatic rings. The van der Waals surface area contributed by atoms with Gasteiger partial charge in [-0.2, -0.15) is 0 Å². The summed E-state index contributed by atoms with van der Waals surface area (Å²) in [6.45, 7) is 6.74. The number of hydrogen-bond donors (Lipinski definition) is 0. The van der Waals surface area contributed by atoms with Crippen molar-refractivity contribution in [3.63, 3.8) is 0 Å². The second-order valence-electron chi connectivity index (χ2n) is 7.73. The number of ether oxygens (including phenoxy) is 3. The van der Waals surface area contributed by atoms with E-state index in [-0.39, 0.29) is 29.4 Å². The number of hydrogen-bond acceptors (Lipinski definition) is 8. The highest BCUT2D eigenvalue weighted by Gasteiger charge is 2.48. The van der Waals surface area contributed by atoms with E-state index in [1.807, 2.05) is 0 Å². The molecule has 0 spiro atoms. The van der Waals surface area contributed by atoms with Gasteiger partial charge in [-0.1, -0.05) is 15.9 Å². The molecule has 2 fully saturated rings. The van der Waals surface area contributed by atoms with Crippen molar-refractivity contribution in [1.29, 1.82) is 0 Å². The highest BCUT2D eigenvalue weighted by molar-refractivity contribution is 9.10. The molecule has 9 nitrogen and oxygen atoms in total. The molecule has 0 atom stereocenters. The van der Waals surface area contributed by atoms with E-state index in [0.29, 0.717) is 44.0 Å². The van der Waals surface area contributed by atoms with Crippen LogP contribution in [0.4, 0.5) is 5.69 Å². The third-order valence-corrected chi connectivity index (χ3v) is 6.17. The summed E-state index contributed by atoms with van der Waals surface area (Å²) < 4.78 is 17.3. The average molecular weight is 470 g/mol. The summed E-state index contributed by atoms with van der Waals surface area (Å²) in [5.41, 5.74) is -0.705. The molecule has 0 unspecified atom stereocenters. The number of benzene rings is 1. The van der Waals surface area contributed by atoms with Crippen molar-refractivity contribution in [2.45, 2.75) is 0 Å². The lowest BCUT2D eigenvalue weighted by atomic mass is 9.77. The van der Waals surface area contributed by atoms with E-state index in [9.17, 15) is 14.9 Å². The van der Waals surface area contributed by atoms with Gasteiger partial charge in [0, 0.05) is 49.8 Å². The number of nitro benzene ring substituents is 1. The molecule has 0 aliphatic carbocycles. The summed E-state index contributed by atoms with van der Waals surface area (Å²) in [5.74, 6) is -0.0242. The molecule has 1 aromatic carbocycles. The lowest BCUT2D eigenvalue weighted by molar-refractivity contribution is -0.386. The van der Waals surface area contributed by atoms with Gasteiger partial charge in [0.2, 0.25) is 5.75 Å². The number of nitrogens with zero attached hydrogens (tertiary/aromatic N) is 3. The largest absolute Gasteiger partial charge is 0.485 e. The number of nitro groups is 1. The monoisotopic (exact) mass is 469 g/mol. The summed E-state index contributed by atoms with van der Waals surface area (Å²) >= 11 is 3.31. The van der Waals surface area contributed by atoms with Gasteiger partial charge in [-0.25, -0.2) is 0 Å². The molecule has 0 saturated carbocycles. The molecule has 0 N–H and O–H groups in total. The Kier molecular flexibility index (Phi) is 6.16. The number of ketones is 1. The number of Topliss-reactive ketones (excluding diaryl/α,β-unsaturated/α-hetero) is 1. The zero-order chi connectivity index (χ0) is 20.4. The third-order valence-electron chi connectivity index (χ3n) is 5.71. The van der Waals surface area contributed by atoms with Crippen molar-refractivity contribution in [3.05, 3.63) is 32.3 Å². The molecule has 10 heteroatoms. The van der Waals surface area contributed by atoms with Gasteiger partial charge in [0.25, 0.3) is 0 Å². The Morgan fingerprint density at radius 3 is 2.10 bits per heavy atom. The van der Waals surface area contributed by atoms with Gasteiger partial charge in [-0.05, 0) is 6.07 Å². The van der Waals surface area contributed by atoms with Crippen molar-refractivity contribution in [2.75, 3.05) is 72.3 Å². The molecule has 2 saturated heterocycles. The number of carbonyl (C=O) groups excluding carboxylic acids is 1. The average Bonchev–Trinajstić information content (AvgIpc) is 2.72. The Balaban J connectivity index is 1.69. The van der Waals surface area contributed by atoms with Crippen LogP contribution >= 0.6 is 15.9 Å². The van der Waals surface area contributed by atoms with Crippen molar-refractivity contribution in [3.8, 4) is 5.75 Å². The van der Waals surface area contributed by atoms with Crippen molar-refractivity contribution < 1.29 is 23.9 Å². The smallest absolute Gasteiger partial charge is 0.312 e. The van der Waals surface area contributed by atoms with Crippen LogP contribution in [0.5, 0.6) is 5.75 Å². The SMILES string of the molecule is O=C1c2cc(Br)cc([N+](=O)[O-])c2OCC1(CN1CCOCC1)CN1CCOCC1. The molecule has 1 aromatic rings. The minimum absolute atomic E-state index is 0.0720. The van der Waals surface area contributed by atoms with E-state index in [1.54, 1.807) is 6.07 Å². The van der Waals surface area contributed by atoms with Gasteiger partial charge in [0.15, 0.2) is 5.78 Å². The Hall–Kier alpha value is -1.59.